The third kappa shape index (κ3) is 4.89. The third-order valence-corrected chi connectivity index (χ3v) is 7.90. The van der Waals surface area contributed by atoms with Gasteiger partial charge in [0.15, 0.2) is 15.0 Å². The molecule has 0 radical (unpaired) electrons. The number of imidazole rings is 1. The topological polar surface area (TPSA) is 72.3 Å². The number of rotatable bonds is 8. The Bertz CT molecular complexity index is 937. The summed E-state index contributed by atoms with van der Waals surface area (Å²) in [7, 11) is -3.01. The molecule has 28 heavy (non-hydrogen) atoms. The van der Waals surface area contributed by atoms with E-state index in [0.717, 1.165) is 29.2 Å². The van der Waals surface area contributed by atoms with Gasteiger partial charge >= 0.3 is 0 Å². The summed E-state index contributed by atoms with van der Waals surface area (Å²) in [6.07, 6.45) is 1.59. The van der Waals surface area contributed by atoms with E-state index in [4.69, 9.17) is 4.98 Å². The molecule has 1 amide bonds. The fourth-order valence-electron chi connectivity index (χ4n) is 3.64. The normalized spacial score (nSPS) is 18.8. The molecule has 1 atom stereocenters. The molecule has 0 unspecified atom stereocenters. The van der Waals surface area contributed by atoms with Crippen molar-refractivity contribution in [1.82, 2.24) is 14.5 Å². The van der Waals surface area contributed by atoms with E-state index in [2.05, 4.69) is 24.5 Å². The first-order valence-corrected chi connectivity index (χ1v) is 12.7. The van der Waals surface area contributed by atoms with Gasteiger partial charge in [-0.15, -0.1) is 0 Å². The van der Waals surface area contributed by atoms with Crippen LogP contribution in [0.4, 0.5) is 0 Å². The van der Waals surface area contributed by atoms with Crippen LogP contribution in [0.5, 0.6) is 0 Å². The van der Waals surface area contributed by atoms with Crippen molar-refractivity contribution in [2.75, 3.05) is 23.8 Å². The molecule has 8 heteroatoms. The summed E-state index contributed by atoms with van der Waals surface area (Å²) in [5.41, 5.74) is 2.03. The Kier molecular flexibility index (Phi) is 6.70. The summed E-state index contributed by atoms with van der Waals surface area (Å²) < 4.78 is 25.8. The number of carbonyl (C=O) groups excluding carboxylic acids is 1. The van der Waals surface area contributed by atoms with E-state index < -0.39 is 9.84 Å². The molecular weight excluding hydrogens is 394 g/mol. The first-order valence-electron chi connectivity index (χ1n) is 9.88. The highest BCUT2D eigenvalue weighted by Gasteiger charge is 2.33. The molecule has 2 heterocycles. The molecule has 0 aliphatic carbocycles. The number of benzene rings is 1. The Labute approximate surface area is 171 Å². The van der Waals surface area contributed by atoms with Crippen molar-refractivity contribution in [2.45, 2.75) is 51.4 Å². The van der Waals surface area contributed by atoms with Gasteiger partial charge in [0, 0.05) is 19.1 Å². The lowest BCUT2D eigenvalue weighted by atomic mass is 10.1. The van der Waals surface area contributed by atoms with Crippen molar-refractivity contribution in [1.29, 1.82) is 0 Å². The molecule has 3 rings (SSSR count). The second-order valence-corrected chi connectivity index (χ2v) is 10.9. The molecule has 6 nitrogen and oxygen atoms in total. The Balaban J connectivity index is 1.73. The first-order chi connectivity index (χ1) is 13.3. The molecule has 154 valence electrons. The third-order valence-electron chi connectivity index (χ3n) is 5.18. The van der Waals surface area contributed by atoms with Crippen LogP contribution in [0, 0.1) is 5.92 Å². The minimum atomic E-state index is -3.01. The molecule has 1 aliphatic rings. The number of carbonyl (C=O) groups is 1. The molecule has 0 saturated carbocycles. The molecule has 1 aliphatic heterocycles. The van der Waals surface area contributed by atoms with E-state index in [1.807, 2.05) is 25.1 Å². The van der Waals surface area contributed by atoms with Crippen LogP contribution >= 0.6 is 11.8 Å². The van der Waals surface area contributed by atoms with Gasteiger partial charge in [0.2, 0.25) is 5.91 Å². The molecule has 1 aromatic heterocycles. The lowest BCUT2D eigenvalue weighted by Crippen LogP contribution is -2.42. The molecule has 2 aromatic rings. The van der Waals surface area contributed by atoms with E-state index in [0.29, 0.717) is 18.9 Å². The number of amides is 1. The second-order valence-electron chi connectivity index (χ2n) is 7.74. The number of sulfone groups is 1. The van der Waals surface area contributed by atoms with Crippen molar-refractivity contribution >= 4 is 38.5 Å². The maximum atomic E-state index is 12.8. The van der Waals surface area contributed by atoms with Gasteiger partial charge in [0.1, 0.15) is 0 Å². The summed E-state index contributed by atoms with van der Waals surface area (Å²) in [5, 5.41) is 0.852. The van der Waals surface area contributed by atoms with E-state index in [9.17, 15) is 13.2 Å². The van der Waals surface area contributed by atoms with E-state index in [1.54, 1.807) is 4.90 Å². The number of para-hydroxylation sites is 2. The number of fused-ring (bicyclic) bond motifs is 1. The van der Waals surface area contributed by atoms with E-state index >= 15 is 0 Å². The number of aryl methyl sites for hydroxylation is 1. The summed E-state index contributed by atoms with van der Waals surface area (Å²) >= 11 is 1.45. The SMILES string of the molecule is CCN(C(=O)CSc1nc2ccccc2n1CCC(C)C)[C@H]1CCS(=O)(=O)C1. The van der Waals surface area contributed by atoms with Crippen molar-refractivity contribution < 1.29 is 13.2 Å². The van der Waals surface area contributed by atoms with Gasteiger partial charge in [-0.05, 0) is 37.8 Å². The smallest absolute Gasteiger partial charge is 0.233 e. The lowest BCUT2D eigenvalue weighted by molar-refractivity contribution is -0.129. The molecule has 0 N–H and O–H groups in total. The molecule has 0 bridgehead atoms. The summed E-state index contributed by atoms with van der Waals surface area (Å²) in [6.45, 7) is 7.70. The van der Waals surface area contributed by atoms with Gasteiger partial charge in [0.25, 0.3) is 0 Å². The standard InChI is InChI=1S/C20H29N3O3S2/c1-4-22(16-10-12-28(25,26)14-16)19(24)13-27-20-21-17-7-5-6-8-18(17)23(20)11-9-15(2)3/h5-8,15-16H,4,9-14H2,1-3H3/t16-/m0/s1. The van der Waals surface area contributed by atoms with Crippen molar-refractivity contribution in [3.63, 3.8) is 0 Å². The average Bonchev–Trinajstić information content (AvgIpc) is 3.18. The minimum absolute atomic E-state index is 0.0166. The summed E-state index contributed by atoms with van der Waals surface area (Å²) in [6, 6.07) is 7.85. The second kappa shape index (κ2) is 8.86. The maximum Gasteiger partial charge on any atom is 0.233 e. The number of hydrogen-bond donors (Lipinski definition) is 0. The minimum Gasteiger partial charge on any atom is -0.338 e. The highest BCUT2D eigenvalue weighted by molar-refractivity contribution is 7.99. The monoisotopic (exact) mass is 423 g/mol. The number of hydrogen-bond acceptors (Lipinski definition) is 5. The Morgan fingerprint density at radius 1 is 1.36 bits per heavy atom. The van der Waals surface area contributed by atoms with Gasteiger partial charge in [-0.1, -0.05) is 37.7 Å². The number of aromatic nitrogens is 2. The molecular formula is C20H29N3O3S2. The molecule has 1 fully saturated rings. The van der Waals surface area contributed by atoms with Gasteiger partial charge < -0.3 is 9.47 Å². The zero-order chi connectivity index (χ0) is 20.3. The quantitative estimate of drug-likeness (QED) is 0.610. The van der Waals surface area contributed by atoms with Gasteiger partial charge in [-0.25, -0.2) is 13.4 Å². The van der Waals surface area contributed by atoms with E-state index in [1.165, 1.54) is 11.8 Å². The Morgan fingerprint density at radius 3 is 2.75 bits per heavy atom. The molecule has 0 spiro atoms. The van der Waals surface area contributed by atoms with Crippen LogP contribution in [0.1, 0.15) is 33.6 Å². The van der Waals surface area contributed by atoms with Crippen molar-refractivity contribution in [2.24, 2.45) is 5.92 Å². The van der Waals surface area contributed by atoms with Crippen LogP contribution < -0.4 is 0 Å². The summed E-state index contributed by atoms with van der Waals surface area (Å²) in [5.74, 6) is 1.11. The zero-order valence-electron chi connectivity index (χ0n) is 16.8. The zero-order valence-corrected chi connectivity index (χ0v) is 18.4. The summed E-state index contributed by atoms with van der Waals surface area (Å²) in [4.78, 5) is 19.3. The largest absolute Gasteiger partial charge is 0.338 e. The highest BCUT2D eigenvalue weighted by atomic mass is 32.2. The maximum absolute atomic E-state index is 12.8. The Morgan fingerprint density at radius 2 is 2.11 bits per heavy atom. The van der Waals surface area contributed by atoms with Crippen LogP contribution in [0.2, 0.25) is 0 Å². The lowest BCUT2D eigenvalue weighted by Gasteiger charge is -2.26. The van der Waals surface area contributed by atoms with Crippen LogP contribution in [0.25, 0.3) is 11.0 Å². The number of nitrogens with zero attached hydrogens (tertiary/aromatic N) is 3. The fourth-order valence-corrected chi connectivity index (χ4v) is 6.29. The highest BCUT2D eigenvalue weighted by Crippen LogP contribution is 2.26. The first kappa shape index (κ1) is 21.2. The van der Waals surface area contributed by atoms with Crippen LogP contribution in [-0.2, 0) is 21.2 Å². The van der Waals surface area contributed by atoms with Crippen LogP contribution in [0.15, 0.2) is 29.4 Å². The Hall–Kier alpha value is -1.54. The van der Waals surface area contributed by atoms with Gasteiger partial charge in [-0.3, -0.25) is 4.79 Å². The van der Waals surface area contributed by atoms with Gasteiger partial charge in [0.05, 0.1) is 28.3 Å². The molecule has 1 saturated heterocycles. The van der Waals surface area contributed by atoms with E-state index in [-0.39, 0.29) is 29.2 Å². The predicted octanol–water partition coefficient (Wildman–Crippen LogP) is 3.21. The van der Waals surface area contributed by atoms with Crippen molar-refractivity contribution in [3.8, 4) is 0 Å². The molecule has 1 aromatic carbocycles. The van der Waals surface area contributed by atoms with Crippen LogP contribution in [-0.4, -0.2) is 58.6 Å². The van der Waals surface area contributed by atoms with Crippen LogP contribution in [0.3, 0.4) is 0 Å². The number of thioether (sulfide) groups is 1. The van der Waals surface area contributed by atoms with Crippen molar-refractivity contribution in [3.05, 3.63) is 24.3 Å². The predicted molar refractivity (Wildman–Crippen MR) is 114 cm³/mol. The fraction of sp³-hybridized carbons (Fsp3) is 0.600. The van der Waals surface area contributed by atoms with Gasteiger partial charge in [-0.2, -0.15) is 0 Å². The average molecular weight is 424 g/mol.